The molecule has 124 valence electrons. The number of rotatable bonds is 5. The number of benzene rings is 2. The second kappa shape index (κ2) is 6.54. The quantitative estimate of drug-likeness (QED) is 0.753. The van der Waals surface area contributed by atoms with Crippen LogP contribution in [0, 0.1) is 0 Å². The lowest BCUT2D eigenvalue weighted by Crippen LogP contribution is -2.14. The van der Waals surface area contributed by atoms with Crippen molar-refractivity contribution in [3.8, 4) is 17.2 Å². The van der Waals surface area contributed by atoms with Crippen molar-refractivity contribution in [3.05, 3.63) is 48.2 Å². The molecule has 24 heavy (non-hydrogen) atoms. The summed E-state index contributed by atoms with van der Waals surface area (Å²) in [4.78, 5) is 15.7. The van der Waals surface area contributed by atoms with Gasteiger partial charge >= 0.3 is 0 Å². The first-order valence-corrected chi connectivity index (χ1v) is 7.35. The van der Waals surface area contributed by atoms with Gasteiger partial charge in [0.2, 0.25) is 0 Å². The lowest BCUT2D eigenvalue weighted by Gasteiger charge is -2.15. The molecule has 1 aromatic heterocycles. The highest BCUT2D eigenvalue weighted by molar-refractivity contribution is 6.07. The maximum atomic E-state index is 12.6. The molecule has 0 saturated carbocycles. The summed E-state index contributed by atoms with van der Waals surface area (Å²) in [7, 11) is 4.59. The van der Waals surface area contributed by atoms with Crippen LogP contribution in [0.3, 0.4) is 0 Å². The number of methoxy groups -OCH3 is 3. The van der Waals surface area contributed by atoms with E-state index in [1.807, 2.05) is 24.3 Å². The van der Waals surface area contributed by atoms with E-state index < -0.39 is 0 Å². The van der Waals surface area contributed by atoms with Gasteiger partial charge in [0.1, 0.15) is 28.6 Å². The van der Waals surface area contributed by atoms with Crippen molar-refractivity contribution in [3.63, 3.8) is 0 Å². The minimum absolute atomic E-state index is 0.284. The summed E-state index contributed by atoms with van der Waals surface area (Å²) in [6.45, 7) is 0. The average Bonchev–Trinajstić information content (AvgIpc) is 3.06. The second-order valence-electron chi connectivity index (χ2n) is 5.13. The van der Waals surface area contributed by atoms with E-state index in [0.29, 0.717) is 28.6 Å². The molecule has 0 spiro atoms. The maximum absolute atomic E-state index is 12.6. The van der Waals surface area contributed by atoms with E-state index in [-0.39, 0.29) is 5.91 Å². The van der Waals surface area contributed by atoms with Crippen molar-refractivity contribution in [2.45, 2.75) is 0 Å². The Labute approximate surface area is 139 Å². The number of aromatic nitrogens is 1. The summed E-state index contributed by atoms with van der Waals surface area (Å²) >= 11 is 0. The van der Waals surface area contributed by atoms with Crippen LogP contribution in [0.25, 0.3) is 10.9 Å². The van der Waals surface area contributed by atoms with E-state index >= 15 is 0 Å². The fourth-order valence-corrected chi connectivity index (χ4v) is 2.51. The fraction of sp³-hybridized carbons (Fsp3) is 0.167. The van der Waals surface area contributed by atoms with E-state index in [1.165, 1.54) is 14.2 Å². The summed E-state index contributed by atoms with van der Waals surface area (Å²) in [6.07, 6.45) is 0. The molecule has 6 heteroatoms. The normalized spacial score (nSPS) is 10.5. The van der Waals surface area contributed by atoms with Gasteiger partial charge < -0.3 is 24.5 Å². The molecular weight excluding hydrogens is 308 g/mol. The molecule has 0 radical (unpaired) electrons. The topological polar surface area (TPSA) is 72.6 Å². The van der Waals surface area contributed by atoms with E-state index in [2.05, 4.69) is 10.3 Å². The Hall–Kier alpha value is -3.15. The number of para-hydroxylation sites is 1. The predicted molar refractivity (Wildman–Crippen MR) is 92.3 cm³/mol. The Morgan fingerprint density at radius 1 is 0.958 bits per heavy atom. The van der Waals surface area contributed by atoms with Crippen LogP contribution in [0.15, 0.2) is 42.5 Å². The van der Waals surface area contributed by atoms with Crippen molar-refractivity contribution in [1.29, 1.82) is 0 Å². The van der Waals surface area contributed by atoms with Crippen LogP contribution in [-0.2, 0) is 0 Å². The molecule has 0 aliphatic rings. The molecule has 3 aromatic rings. The summed E-state index contributed by atoms with van der Waals surface area (Å²) in [5.74, 6) is 1.20. The Morgan fingerprint density at radius 2 is 1.62 bits per heavy atom. The molecule has 0 saturated heterocycles. The predicted octanol–water partition coefficient (Wildman–Crippen LogP) is 3.45. The van der Waals surface area contributed by atoms with E-state index in [4.69, 9.17) is 14.2 Å². The van der Waals surface area contributed by atoms with Gasteiger partial charge in [0.15, 0.2) is 0 Å². The number of H-pyrrole nitrogens is 1. The molecule has 0 unspecified atom stereocenters. The van der Waals surface area contributed by atoms with Crippen LogP contribution in [0.1, 0.15) is 10.5 Å². The highest BCUT2D eigenvalue weighted by Gasteiger charge is 2.18. The molecule has 1 heterocycles. The van der Waals surface area contributed by atoms with Gasteiger partial charge in [0.05, 0.1) is 21.3 Å². The number of aromatic amines is 1. The molecule has 0 aliphatic carbocycles. The van der Waals surface area contributed by atoms with Gasteiger partial charge in [-0.2, -0.15) is 0 Å². The Bertz CT molecular complexity index is 828. The summed E-state index contributed by atoms with van der Waals surface area (Å²) in [6, 6.07) is 12.9. The third kappa shape index (κ3) is 2.86. The summed E-state index contributed by atoms with van der Waals surface area (Å²) in [5, 5.41) is 3.80. The van der Waals surface area contributed by atoms with Crippen molar-refractivity contribution in [2.24, 2.45) is 0 Å². The lowest BCUT2D eigenvalue weighted by molar-refractivity contribution is 0.102. The van der Waals surface area contributed by atoms with E-state index in [1.54, 1.807) is 25.3 Å². The average molecular weight is 326 g/mol. The smallest absolute Gasteiger partial charge is 0.272 e. The van der Waals surface area contributed by atoms with Crippen molar-refractivity contribution in [2.75, 3.05) is 26.6 Å². The van der Waals surface area contributed by atoms with Crippen molar-refractivity contribution < 1.29 is 19.0 Å². The van der Waals surface area contributed by atoms with Crippen LogP contribution >= 0.6 is 0 Å². The minimum Gasteiger partial charge on any atom is -0.496 e. The number of fused-ring (bicyclic) bond motifs is 1. The largest absolute Gasteiger partial charge is 0.496 e. The lowest BCUT2D eigenvalue weighted by atomic mass is 10.2. The van der Waals surface area contributed by atoms with E-state index in [9.17, 15) is 4.79 Å². The first-order chi connectivity index (χ1) is 11.7. The van der Waals surface area contributed by atoms with Crippen molar-refractivity contribution >= 4 is 22.5 Å². The van der Waals surface area contributed by atoms with Gasteiger partial charge in [-0.05, 0) is 12.1 Å². The minimum atomic E-state index is -0.284. The molecule has 0 fully saturated rings. The Kier molecular flexibility index (Phi) is 4.29. The molecule has 2 N–H and O–H groups in total. The van der Waals surface area contributed by atoms with Crippen LogP contribution in [0.4, 0.5) is 5.69 Å². The first kappa shape index (κ1) is 15.7. The zero-order chi connectivity index (χ0) is 17.1. The van der Waals surface area contributed by atoms with E-state index in [0.717, 1.165) is 10.9 Å². The number of carbonyl (C=O) groups is 1. The SMILES string of the molecule is COc1cc(OC)c(NC(=O)c2cc3ccccc3[nH]2)c(OC)c1. The molecular formula is C18H18N2O4. The molecule has 0 atom stereocenters. The zero-order valence-electron chi connectivity index (χ0n) is 13.7. The molecule has 0 bridgehead atoms. The highest BCUT2D eigenvalue weighted by atomic mass is 16.5. The fourth-order valence-electron chi connectivity index (χ4n) is 2.51. The Morgan fingerprint density at radius 3 is 2.21 bits per heavy atom. The summed E-state index contributed by atoms with van der Waals surface area (Å²) in [5.41, 5.74) is 1.80. The van der Waals surface area contributed by atoms with Crippen LogP contribution in [0.5, 0.6) is 17.2 Å². The Balaban J connectivity index is 1.96. The molecule has 2 aromatic carbocycles. The van der Waals surface area contributed by atoms with Gasteiger partial charge in [-0.3, -0.25) is 4.79 Å². The van der Waals surface area contributed by atoms with Gasteiger partial charge in [-0.1, -0.05) is 18.2 Å². The second-order valence-corrected chi connectivity index (χ2v) is 5.13. The standard InChI is InChI=1S/C18H18N2O4/c1-22-12-9-15(23-2)17(16(10-12)24-3)20-18(21)14-8-11-6-4-5-7-13(11)19-14/h4-10,19H,1-3H3,(H,20,21). The third-order valence-electron chi connectivity index (χ3n) is 3.73. The van der Waals surface area contributed by atoms with Gasteiger partial charge in [0.25, 0.3) is 5.91 Å². The monoisotopic (exact) mass is 326 g/mol. The number of anilines is 1. The number of carbonyl (C=O) groups excluding carboxylic acids is 1. The zero-order valence-corrected chi connectivity index (χ0v) is 13.7. The van der Waals surface area contributed by atoms with Gasteiger partial charge in [-0.15, -0.1) is 0 Å². The molecule has 1 amide bonds. The van der Waals surface area contributed by atoms with Crippen LogP contribution in [0.2, 0.25) is 0 Å². The van der Waals surface area contributed by atoms with Gasteiger partial charge in [0, 0.05) is 23.0 Å². The molecule has 0 aliphatic heterocycles. The molecule has 6 nitrogen and oxygen atoms in total. The highest BCUT2D eigenvalue weighted by Crippen LogP contribution is 2.39. The number of amides is 1. The third-order valence-corrected chi connectivity index (χ3v) is 3.73. The number of hydrogen-bond acceptors (Lipinski definition) is 4. The van der Waals surface area contributed by atoms with Crippen LogP contribution < -0.4 is 19.5 Å². The first-order valence-electron chi connectivity index (χ1n) is 7.35. The number of nitrogens with one attached hydrogen (secondary N) is 2. The number of ether oxygens (including phenoxy) is 3. The van der Waals surface area contributed by atoms with Crippen molar-refractivity contribution in [1.82, 2.24) is 4.98 Å². The van der Waals surface area contributed by atoms with Gasteiger partial charge in [-0.25, -0.2) is 0 Å². The maximum Gasteiger partial charge on any atom is 0.272 e. The van der Waals surface area contributed by atoms with Crippen LogP contribution in [-0.4, -0.2) is 32.2 Å². The summed E-state index contributed by atoms with van der Waals surface area (Å²) < 4.78 is 15.9. The molecule has 3 rings (SSSR count). The number of hydrogen-bond donors (Lipinski definition) is 2.